The number of anilines is 2. The third kappa shape index (κ3) is 3.41. The van der Waals surface area contributed by atoms with E-state index in [2.05, 4.69) is 10.6 Å². The number of piperidine rings is 1. The van der Waals surface area contributed by atoms with Crippen molar-refractivity contribution in [3.05, 3.63) is 59.2 Å². The summed E-state index contributed by atoms with van der Waals surface area (Å²) in [6, 6.07) is 12.3. The van der Waals surface area contributed by atoms with Gasteiger partial charge in [0.05, 0.1) is 0 Å². The zero-order valence-corrected chi connectivity index (χ0v) is 17.8. The maximum Gasteiger partial charge on any atom is 0.326 e. The number of para-hydroxylation sites is 1. The van der Waals surface area contributed by atoms with Gasteiger partial charge in [-0.05, 0) is 61.6 Å². The number of rotatable bonds is 2. The number of nitrogens with one attached hydrogen (secondary N) is 2. The Morgan fingerprint density at radius 1 is 1.03 bits per heavy atom. The second-order valence-corrected chi connectivity index (χ2v) is 8.59. The van der Waals surface area contributed by atoms with E-state index in [1.165, 1.54) is 4.90 Å². The van der Waals surface area contributed by atoms with Crippen LogP contribution in [0, 0.1) is 0 Å². The molecule has 0 spiro atoms. The lowest BCUT2D eigenvalue weighted by atomic mass is 9.97. The van der Waals surface area contributed by atoms with Gasteiger partial charge in [-0.3, -0.25) is 24.6 Å². The molecule has 164 valence electrons. The summed E-state index contributed by atoms with van der Waals surface area (Å²) in [4.78, 5) is 52.9. The van der Waals surface area contributed by atoms with Crippen molar-refractivity contribution < 1.29 is 19.2 Å². The van der Waals surface area contributed by atoms with Crippen molar-refractivity contribution >= 4 is 35.1 Å². The topological polar surface area (TPSA) is 98.8 Å². The molecular weight excluding hydrogens is 408 g/mol. The molecule has 8 heteroatoms. The van der Waals surface area contributed by atoms with Crippen LogP contribution in [0.1, 0.15) is 47.7 Å². The highest BCUT2D eigenvalue weighted by Gasteiger charge is 2.39. The largest absolute Gasteiger partial charge is 0.326 e. The van der Waals surface area contributed by atoms with Crippen molar-refractivity contribution in [2.45, 2.75) is 51.2 Å². The second-order valence-electron chi connectivity index (χ2n) is 8.59. The summed E-state index contributed by atoms with van der Waals surface area (Å²) in [6.45, 7) is 2.31. The predicted octanol–water partition coefficient (Wildman–Crippen LogP) is 2.82. The molecule has 1 saturated heterocycles. The van der Waals surface area contributed by atoms with E-state index in [-0.39, 0.29) is 36.9 Å². The number of urea groups is 1. The third-order valence-corrected chi connectivity index (χ3v) is 6.52. The van der Waals surface area contributed by atoms with Gasteiger partial charge in [0.2, 0.25) is 11.8 Å². The molecule has 0 aromatic heterocycles. The van der Waals surface area contributed by atoms with Crippen molar-refractivity contribution in [1.29, 1.82) is 0 Å². The van der Waals surface area contributed by atoms with Crippen LogP contribution in [0.15, 0.2) is 42.5 Å². The second kappa shape index (κ2) is 7.78. The Balaban J connectivity index is 1.34. The van der Waals surface area contributed by atoms with E-state index >= 15 is 0 Å². The normalized spacial score (nSPS) is 22.3. The number of hydrogen-bond donors (Lipinski definition) is 2. The summed E-state index contributed by atoms with van der Waals surface area (Å²) < 4.78 is 0. The van der Waals surface area contributed by atoms with E-state index in [1.807, 2.05) is 31.2 Å². The SMILES string of the molecule is CC1CCc2ccccc2N1C(=O)Nc1ccc2c(c1)CN(C1CCC(=O)NC1=O)C2=O. The lowest BCUT2D eigenvalue weighted by Crippen LogP contribution is -2.52. The van der Waals surface area contributed by atoms with Gasteiger partial charge in [-0.2, -0.15) is 0 Å². The molecule has 0 aliphatic carbocycles. The molecule has 5 amide bonds. The molecule has 0 saturated carbocycles. The molecule has 2 aromatic rings. The van der Waals surface area contributed by atoms with E-state index in [4.69, 9.17) is 0 Å². The van der Waals surface area contributed by atoms with Crippen LogP contribution in [0.5, 0.6) is 0 Å². The van der Waals surface area contributed by atoms with Gasteiger partial charge >= 0.3 is 6.03 Å². The number of aryl methyl sites for hydroxylation is 1. The zero-order chi connectivity index (χ0) is 22.4. The number of hydrogen-bond acceptors (Lipinski definition) is 4. The van der Waals surface area contributed by atoms with E-state index in [9.17, 15) is 19.2 Å². The van der Waals surface area contributed by atoms with E-state index in [0.717, 1.165) is 29.7 Å². The van der Waals surface area contributed by atoms with Gasteiger partial charge in [0.1, 0.15) is 6.04 Å². The molecule has 2 atom stereocenters. The van der Waals surface area contributed by atoms with Crippen LogP contribution >= 0.6 is 0 Å². The number of imide groups is 1. The summed E-state index contributed by atoms with van der Waals surface area (Å²) in [7, 11) is 0. The van der Waals surface area contributed by atoms with Gasteiger partial charge in [0, 0.05) is 35.9 Å². The first kappa shape index (κ1) is 20.2. The summed E-state index contributed by atoms with van der Waals surface area (Å²) >= 11 is 0. The minimum absolute atomic E-state index is 0.0731. The van der Waals surface area contributed by atoms with Gasteiger partial charge in [0.25, 0.3) is 5.91 Å². The van der Waals surface area contributed by atoms with E-state index < -0.39 is 11.9 Å². The maximum atomic E-state index is 13.1. The van der Waals surface area contributed by atoms with Gasteiger partial charge in [-0.1, -0.05) is 18.2 Å². The first-order valence-electron chi connectivity index (χ1n) is 10.9. The quantitative estimate of drug-likeness (QED) is 0.713. The molecule has 0 bridgehead atoms. The smallest absolute Gasteiger partial charge is 0.322 e. The number of carbonyl (C=O) groups excluding carboxylic acids is 4. The minimum Gasteiger partial charge on any atom is -0.322 e. The third-order valence-electron chi connectivity index (χ3n) is 6.52. The van der Waals surface area contributed by atoms with Crippen LogP contribution in [-0.4, -0.2) is 40.7 Å². The molecule has 2 unspecified atom stereocenters. The van der Waals surface area contributed by atoms with Crippen LogP contribution < -0.4 is 15.5 Å². The van der Waals surface area contributed by atoms with E-state index in [1.54, 1.807) is 23.1 Å². The monoisotopic (exact) mass is 432 g/mol. The molecule has 5 rings (SSSR count). The highest BCUT2D eigenvalue weighted by Crippen LogP contribution is 2.32. The van der Waals surface area contributed by atoms with Crippen LogP contribution in [-0.2, 0) is 22.6 Å². The lowest BCUT2D eigenvalue weighted by molar-refractivity contribution is -0.136. The standard InChI is InChI=1S/C24H24N4O4/c1-14-6-7-15-4-2-3-5-19(15)28(14)24(32)25-17-8-9-18-16(12-17)13-27(23(18)31)20-10-11-21(29)26-22(20)30/h2-5,8-9,12,14,20H,6-7,10-11,13H2,1H3,(H,25,32)(H,26,29,30). The average molecular weight is 432 g/mol. The lowest BCUT2D eigenvalue weighted by Gasteiger charge is -2.35. The molecule has 1 fully saturated rings. The van der Waals surface area contributed by atoms with Crippen LogP contribution in [0.4, 0.5) is 16.2 Å². The van der Waals surface area contributed by atoms with Crippen molar-refractivity contribution in [3.63, 3.8) is 0 Å². The Morgan fingerprint density at radius 2 is 1.84 bits per heavy atom. The predicted molar refractivity (Wildman–Crippen MR) is 118 cm³/mol. The molecule has 2 N–H and O–H groups in total. The fourth-order valence-corrected chi connectivity index (χ4v) is 4.83. The van der Waals surface area contributed by atoms with Crippen molar-refractivity contribution in [3.8, 4) is 0 Å². The molecule has 2 aromatic carbocycles. The minimum atomic E-state index is -0.656. The Kier molecular flexibility index (Phi) is 4.92. The zero-order valence-electron chi connectivity index (χ0n) is 17.8. The average Bonchev–Trinajstić information content (AvgIpc) is 3.09. The van der Waals surface area contributed by atoms with Crippen molar-refractivity contribution in [1.82, 2.24) is 10.2 Å². The maximum absolute atomic E-state index is 13.1. The first-order valence-corrected chi connectivity index (χ1v) is 10.9. The van der Waals surface area contributed by atoms with Crippen molar-refractivity contribution in [2.24, 2.45) is 0 Å². The number of carbonyl (C=O) groups is 4. The van der Waals surface area contributed by atoms with Gasteiger partial charge in [-0.25, -0.2) is 4.79 Å². The number of nitrogens with zero attached hydrogens (tertiary/aromatic N) is 2. The fourth-order valence-electron chi connectivity index (χ4n) is 4.83. The first-order chi connectivity index (χ1) is 15.4. The molecule has 3 heterocycles. The fraction of sp³-hybridized carbons (Fsp3) is 0.333. The Labute approximate surface area is 185 Å². The number of amides is 5. The molecule has 3 aliphatic rings. The van der Waals surface area contributed by atoms with Gasteiger partial charge in [0.15, 0.2) is 0 Å². The summed E-state index contributed by atoms with van der Waals surface area (Å²) in [5, 5.41) is 5.28. The van der Waals surface area contributed by atoms with Crippen LogP contribution in [0.25, 0.3) is 0 Å². The highest BCUT2D eigenvalue weighted by atomic mass is 16.2. The summed E-state index contributed by atoms with van der Waals surface area (Å²) in [5.41, 5.74) is 3.94. The Bertz CT molecular complexity index is 1140. The van der Waals surface area contributed by atoms with E-state index in [0.29, 0.717) is 17.7 Å². The molecule has 3 aliphatic heterocycles. The van der Waals surface area contributed by atoms with Crippen LogP contribution in [0.3, 0.4) is 0 Å². The summed E-state index contributed by atoms with van der Waals surface area (Å²) in [5.74, 6) is -0.978. The number of fused-ring (bicyclic) bond motifs is 2. The Hall–Kier alpha value is -3.68. The molecule has 32 heavy (non-hydrogen) atoms. The highest BCUT2D eigenvalue weighted by molar-refractivity contribution is 6.06. The number of benzene rings is 2. The van der Waals surface area contributed by atoms with Gasteiger partial charge in [-0.15, -0.1) is 0 Å². The molecular formula is C24H24N4O4. The van der Waals surface area contributed by atoms with Gasteiger partial charge < -0.3 is 10.2 Å². The van der Waals surface area contributed by atoms with Crippen molar-refractivity contribution in [2.75, 3.05) is 10.2 Å². The molecule has 0 radical (unpaired) electrons. The Morgan fingerprint density at radius 3 is 2.66 bits per heavy atom. The molecule has 8 nitrogen and oxygen atoms in total. The van der Waals surface area contributed by atoms with Crippen LogP contribution in [0.2, 0.25) is 0 Å². The summed E-state index contributed by atoms with van der Waals surface area (Å²) in [6.07, 6.45) is 2.37.